The van der Waals surface area contributed by atoms with E-state index in [4.69, 9.17) is 32.7 Å². The van der Waals surface area contributed by atoms with Gasteiger partial charge in [0.05, 0.1) is 17.2 Å². The highest BCUT2D eigenvalue weighted by atomic mass is 35.5. The Balaban J connectivity index is 1.92. The molecule has 0 saturated carbocycles. The Morgan fingerprint density at radius 2 is 1.86 bits per heavy atom. The van der Waals surface area contributed by atoms with Crippen LogP contribution in [0.4, 0.5) is 0 Å². The van der Waals surface area contributed by atoms with Crippen LogP contribution in [0, 0.1) is 11.8 Å². The van der Waals surface area contributed by atoms with Gasteiger partial charge in [-0.3, -0.25) is 9.59 Å². The predicted molar refractivity (Wildman–Crippen MR) is 109 cm³/mol. The Morgan fingerprint density at radius 1 is 1.07 bits per heavy atom. The van der Waals surface area contributed by atoms with Crippen LogP contribution in [-0.2, 0) is 11.2 Å². The van der Waals surface area contributed by atoms with Gasteiger partial charge in [-0.1, -0.05) is 35.2 Å². The van der Waals surface area contributed by atoms with Crippen LogP contribution in [0.25, 0.3) is 0 Å². The number of carbonyl (C=O) groups excluding carboxylic acids is 2. The lowest BCUT2D eigenvalue weighted by atomic mass is 10.1. The molecule has 0 bridgehead atoms. The van der Waals surface area contributed by atoms with Gasteiger partial charge in [0.15, 0.2) is 11.5 Å². The van der Waals surface area contributed by atoms with Gasteiger partial charge in [-0.25, -0.2) is 0 Å². The van der Waals surface area contributed by atoms with Gasteiger partial charge in [-0.05, 0) is 49.2 Å². The fourth-order valence-electron chi connectivity index (χ4n) is 2.34. The van der Waals surface area contributed by atoms with E-state index in [0.29, 0.717) is 22.9 Å². The fourth-order valence-corrected chi connectivity index (χ4v) is 2.64. The molecule has 0 aliphatic heterocycles. The Bertz CT molecular complexity index is 932. The Morgan fingerprint density at radius 3 is 2.54 bits per heavy atom. The lowest BCUT2D eigenvalue weighted by molar-refractivity contribution is -0.116. The number of rotatable bonds is 8. The summed E-state index contributed by atoms with van der Waals surface area (Å²) >= 11 is 11.7. The van der Waals surface area contributed by atoms with Gasteiger partial charge in [0.2, 0.25) is 5.78 Å². The maximum atomic E-state index is 12.2. The van der Waals surface area contributed by atoms with Crippen molar-refractivity contribution in [3.63, 3.8) is 0 Å². The van der Waals surface area contributed by atoms with Crippen molar-refractivity contribution >= 4 is 34.9 Å². The zero-order chi connectivity index (χ0) is 20.5. The highest BCUT2D eigenvalue weighted by molar-refractivity contribution is 6.45. The van der Waals surface area contributed by atoms with Crippen molar-refractivity contribution in [3.05, 3.63) is 57.6 Å². The summed E-state index contributed by atoms with van der Waals surface area (Å²) in [4.78, 5) is 24.2. The molecule has 1 N–H and O–H groups in total. The van der Waals surface area contributed by atoms with Crippen molar-refractivity contribution < 1.29 is 19.1 Å². The van der Waals surface area contributed by atoms with Gasteiger partial charge >= 0.3 is 0 Å². The van der Waals surface area contributed by atoms with E-state index in [9.17, 15) is 9.59 Å². The Hall–Kier alpha value is -2.68. The number of nitrogens with one attached hydrogen (secondary N) is 1. The second kappa shape index (κ2) is 10.6. The number of amides is 1. The van der Waals surface area contributed by atoms with Crippen molar-refractivity contribution in [3.8, 4) is 23.3 Å². The van der Waals surface area contributed by atoms with E-state index in [1.54, 1.807) is 20.1 Å². The van der Waals surface area contributed by atoms with Crippen molar-refractivity contribution in [1.29, 1.82) is 0 Å². The molecule has 0 aliphatic carbocycles. The van der Waals surface area contributed by atoms with Crippen molar-refractivity contribution in [2.24, 2.45) is 0 Å². The first-order chi connectivity index (χ1) is 13.5. The average Bonchev–Trinajstić information content (AvgIpc) is 2.70. The zero-order valence-electron chi connectivity index (χ0n) is 15.5. The maximum Gasteiger partial charge on any atom is 0.292 e. The van der Waals surface area contributed by atoms with Gasteiger partial charge < -0.3 is 14.8 Å². The Labute approximate surface area is 173 Å². The summed E-state index contributed by atoms with van der Waals surface area (Å²) in [6, 6.07) is 9.79. The van der Waals surface area contributed by atoms with Crippen molar-refractivity contribution in [2.45, 2.75) is 13.3 Å². The zero-order valence-corrected chi connectivity index (χ0v) is 17.0. The summed E-state index contributed by atoms with van der Waals surface area (Å²) < 4.78 is 10.9. The molecule has 2 aromatic carbocycles. The molecule has 0 radical (unpaired) electrons. The topological polar surface area (TPSA) is 64.6 Å². The molecular weight excluding hydrogens is 401 g/mol. The predicted octanol–water partition coefficient (Wildman–Crippen LogP) is 3.95. The van der Waals surface area contributed by atoms with E-state index in [1.807, 2.05) is 12.1 Å². The molecule has 2 rings (SSSR count). The SMILES string of the molecule is CC#CCOc1ccc(CCNC(=O)C(=O)c2ccc(Cl)c(Cl)c2)cc1OC. The molecule has 0 aliphatic rings. The number of methoxy groups -OCH3 is 1. The second-order valence-electron chi connectivity index (χ2n) is 5.66. The number of carbonyl (C=O) groups is 2. The summed E-state index contributed by atoms with van der Waals surface area (Å²) in [6.07, 6.45) is 0.520. The van der Waals surface area contributed by atoms with Gasteiger partial charge in [-0.2, -0.15) is 0 Å². The first-order valence-corrected chi connectivity index (χ1v) is 9.18. The fraction of sp³-hybridized carbons (Fsp3) is 0.238. The number of halogens is 2. The minimum absolute atomic E-state index is 0.185. The molecule has 146 valence electrons. The molecule has 28 heavy (non-hydrogen) atoms. The smallest absolute Gasteiger partial charge is 0.292 e. The molecule has 0 fully saturated rings. The lowest BCUT2D eigenvalue weighted by Crippen LogP contribution is -2.32. The summed E-state index contributed by atoms with van der Waals surface area (Å²) in [7, 11) is 1.55. The molecule has 0 aromatic heterocycles. The summed E-state index contributed by atoms with van der Waals surface area (Å²) in [5.41, 5.74) is 1.11. The normalized spacial score (nSPS) is 9.86. The molecule has 0 spiro atoms. The molecule has 1 amide bonds. The monoisotopic (exact) mass is 419 g/mol. The third-order valence-electron chi connectivity index (χ3n) is 3.79. The van der Waals surface area contributed by atoms with Gasteiger partial charge in [-0.15, -0.1) is 5.92 Å². The van der Waals surface area contributed by atoms with Gasteiger partial charge in [0.25, 0.3) is 5.91 Å². The number of hydrogen-bond acceptors (Lipinski definition) is 4. The number of ether oxygens (including phenoxy) is 2. The largest absolute Gasteiger partial charge is 0.493 e. The highest BCUT2D eigenvalue weighted by Gasteiger charge is 2.17. The second-order valence-corrected chi connectivity index (χ2v) is 6.48. The number of Topliss-reactive ketones (excluding diaryl/α,β-unsaturated/α-hetero) is 1. The highest BCUT2D eigenvalue weighted by Crippen LogP contribution is 2.28. The quantitative estimate of drug-likeness (QED) is 0.399. The van der Waals surface area contributed by atoms with E-state index in [1.165, 1.54) is 18.2 Å². The van der Waals surface area contributed by atoms with E-state index in [-0.39, 0.29) is 23.7 Å². The molecule has 5 nitrogen and oxygen atoms in total. The third kappa shape index (κ3) is 5.91. The van der Waals surface area contributed by atoms with E-state index < -0.39 is 11.7 Å². The number of benzene rings is 2. The van der Waals surface area contributed by atoms with Gasteiger partial charge in [0, 0.05) is 12.1 Å². The van der Waals surface area contributed by atoms with E-state index in [2.05, 4.69) is 17.2 Å². The third-order valence-corrected chi connectivity index (χ3v) is 4.53. The van der Waals surface area contributed by atoms with Crippen LogP contribution in [0.3, 0.4) is 0 Å². The summed E-state index contributed by atoms with van der Waals surface area (Å²) in [5.74, 6) is 5.37. The van der Waals surface area contributed by atoms with Crippen LogP contribution >= 0.6 is 23.2 Å². The van der Waals surface area contributed by atoms with Crippen LogP contribution < -0.4 is 14.8 Å². The molecule has 0 unspecified atom stereocenters. The average molecular weight is 420 g/mol. The first kappa shape index (κ1) is 21.6. The minimum Gasteiger partial charge on any atom is -0.493 e. The summed E-state index contributed by atoms with van der Waals surface area (Å²) in [6.45, 7) is 2.31. The standard InChI is InChI=1S/C21H19Cl2NO4/c1-3-4-11-28-18-8-5-14(12-19(18)27-2)9-10-24-21(26)20(25)15-6-7-16(22)17(23)13-15/h5-8,12-13H,9-11H2,1-2H3,(H,24,26). The molecule has 7 heteroatoms. The van der Waals surface area contributed by atoms with Crippen LogP contribution in [-0.4, -0.2) is 32.0 Å². The number of hydrogen-bond donors (Lipinski definition) is 1. The minimum atomic E-state index is -0.705. The molecule has 0 atom stereocenters. The molecule has 0 heterocycles. The van der Waals surface area contributed by atoms with Gasteiger partial charge in [0.1, 0.15) is 6.61 Å². The van der Waals surface area contributed by atoms with E-state index in [0.717, 1.165) is 5.56 Å². The molecule has 0 saturated heterocycles. The van der Waals surface area contributed by atoms with E-state index >= 15 is 0 Å². The molecule has 2 aromatic rings. The van der Waals surface area contributed by atoms with Crippen molar-refractivity contribution in [1.82, 2.24) is 5.32 Å². The van der Waals surface area contributed by atoms with Crippen LogP contribution in [0.5, 0.6) is 11.5 Å². The van der Waals surface area contributed by atoms with Crippen LogP contribution in [0.1, 0.15) is 22.8 Å². The first-order valence-electron chi connectivity index (χ1n) is 8.43. The Kier molecular flexibility index (Phi) is 8.19. The maximum absolute atomic E-state index is 12.2. The summed E-state index contributed by atoms with van der Waals surface area (Å²) in [5, 5.41) is 3.15. The van der Waals surface area contributed by atoms with Crippen LogP contribution in [0.2, 0.25) is 10.0 Å². The van der Waals surface area contributed by atoms with Crippen LogP contribution in [0.15, 0.2) is 36.4 Å². The number of ketones is 1. The van der Waals surface area contributed by atoms with Crippen molar-refractivity contribution in [2.75, 3.05) is 20.3 Å². The molecular formula is C21H19Cl2NO4. The lowest BCUT2D eigenvalue weighted by Gasteiger charge is -2.11.